The summed E-state index contributed by atoms with van der Waals surface area (Å²) in [7, 11) is 0. The Morgan fingerprint density at radius 1 is 0.825 bits per heavy atom. The number of nitrogens with zero attached hydrogens (tertiary/aromatic N) is 2. The van der Waals surface area contributed by atoms with Gasteiger partial charge >= 0.3 is 11.9 Å². The molecule has 0 aliphatic carbocycles. The minimum absolute atomic E-state index is 0.334. The summed E-state index contributed by atoms with van der Waals surface area (Å²) in [6.07, 6.45) is 1.25. The molecule has 0 amide bonds. The molecule has 0 unspecified atom stereocenters. The molecule has 210 valence electrons. The Morgan fingerprint density at radius 3 is 1.80 bits per heavy atom. The standard InChI is InChI=1S/C33H39N3O4/c1-18(2)39-32(37)28-23(8)34-24(9)29(33(38)40-19(3)4)30(28)26-17-36(25-13-11-10-12-14-25)35-31(26)27-21(6)15-20(5)16-22(27)7/h10-19,30,34H,1-9H3. The minimum Gasteiger partial charge on any atom is -0.460 e. The van der Waals surface area contributed by atoms with Gasteiger partial charge in [0.1, 0.15) is 0 Å². The van der Waals surface area contributed by atoms with Crippen molar-refractivity contribution in [3.05, 3.63) is 93.5 Å². The second-order valence-electron chi connectivity index (χ2n) is 11.0. The molecular formula is C33H39N3O4. The lowest BCUT2D eigenvalue weighted by Crippen LogP contribution is -2.33. The second kappa shape index (κ2) is 11.5. The van der Waals surface area contributed by atoms with Crippen LogP contribution in [0.5, 0.6) is 0 Å². The van der Waals surface area contributed by atoms with Crippen LogP contribution in [0.25, 0.3) is 16.9 Å². The number of hydrogen-bond acceptors (Lipinski definition) is 6. The van der Waals surface area contributed by atoms with Crippen LogP contribution < -0.4 is 5.32 Å². The van der Waals surface area contributed by atoms with E-state index in [9.17, 15) is 9.59 Å². The second-order valence-corrected chi connectivity index (χ2v) is 11.0. The van der Waals surface area contributed by atoms with E-state index in [4.69, 9.17) is 14.6 Å². The van der Waals surface area contributed by atoms with Crippen LogP contribution in [0.1, 0.15) is 69.7 Å². The number of esters is 2. The van der Waals surface area contributed by atoms with E-state index >= 15 is 0 Å². The molecule has 0 atom stereocenters. The van der Waals surface area contributed by atoms with Crippen LogP contribution in [0.15, 0.2) is 71.2 Å². The molecule has 4 rings (SSSR count). The molecule has 3 aromatic rings. The van der Waals surface area contributed by atoms with Gasteiger partial charge in [-0.3, -0.25) is 0 Å². The smallest absolute Gasteiger partial charge is 0.337 e. The highest BCUT2D eigenvalue weighted by Gasteiger charge is 2.41. The quantitative estimate of drug-likeness (QED) is 0.339. The molecule has 0 saturated heterocycles. The Morgan fingerprint density at radius 2 is 1.32 bits per heavy atom. The lowest BCUT2D eigenvalue weighted by atomic mass is 9.79. The molecule has 0 radical (unpaired) electrons. The predicted octanol–water partition coefficient (Wildman–Crippen LogP) is 6.60. The normalized spacial score (nSPS) is 14.2. The third-order valence-electron chi connectivity index (χ3n) is 6.87. The highest BCUT2D eigenvalue weighted by molar-refractivity contribution is 6.00. The van der Waals surface area contributed by atoms with Crippen molar-refractivity contribution in [2.45, 2.75) is 80.4 Å². The summed E-state index contributed by atoms with van der Waals surface area (Å²) in [6.45, 7) is 17.1. The number of rotatable bonds is 7. The van der Waals surface area contributed by atoms with Crippen molar-refractivity contribution in [2.75, 3.05) is 0 Å². The Kier molecular flexibility index (Phi) is 8.33. The molecule has 1 aliphatic heterocycles. The van der Waals surface area contributed by atoms with Gasteiger partial charge in [-0.05, 0) is 85.6 Å². The number of aryl methyl sites for hydroxylation is 3. The Bertz CT molecular complexity index is 1440. The molecule has 1 N–H and O–H groups in total. The fourth-order valence-corrected chi connectivity index (χ4v) is 5.46. The average Bonchev–Trinajstić information content (AvgIpc) is 3.27. The van der Waals surface area contributed by atoms with Crippen LogP contribution in [0.4, 0.5) is 0 Å². The van der Waals surface area contributed by atoms with Crippen molar-refractivity contribution in [1.29, 1.82) is 0 Å². The van der Waals surface area contributed by atoms with E-state index in [1.165, 1.54) is 0 Å². The first-order chi connectivity index (χ1) is 18.9. The summed E-state index contributed by atoms with van der Waals surface area (Å²) in [4.78, 5) is 27.4. The molecule has 2 heterocycles. The van der Waals surface area contributed by atoms with Gasteiger partial charge in [0.15, 0.2) is 0 Å². The maximum atomic E-state index is 13.7. The predicted molar refractivity (Wildman–Crippen MR) is 157 cm³/mol. The van der Waals surface area contributed by atoms with Crippen LogP contribution in [0, 0.1) is 20.8 Å². The Labute approximate surface area is 236 Å². The van der Waals surface area contributed by atoms with Gasteiger partial charge in [0.25, 0.3) is 0 Å². The average molecular weight is 542 g/mol. The van der Waals surface area contributed by atoms with Gasteiger partial charge in [-0.1, -0.05) is 35.9 Å². The van der Waals surface area contributed by atoms with Crippen molar-refractivity contribution in [3.8, 4) is 16.9 Å². The Hall–Kier alpha value is -4.13. The number of ether oxygens (including phenoxy) is 2. The monoisotopic (exact) mass is 541 g/mol. The van der Waals surface area contributed by atoms with E-state index in [-0.39, 0.29) is 12.2 Å². The number of aromatic nitrogens is 2. The fraction of sp³-hybridized carbons (Fsp3) is 0.364. The van der Waals surface area contributed by atoms with E-state index in [1.807, 2.05) is 82.8 Å². The SMILES string of the molecule is CC1=C(C(=O)OC(C)C)C(c2cn(-c3ccccc3)nc2-c2c(C)cc(C)cc2C)C(C(=O)OC(C)C)=C(C)N1. The molecule has 7 heteroatoms. The van der Waals surface area contributed by atoms with E-state index in [2.05, 4.69) is 38.2 Å². The zero-order valence-corrected chi connectivity index (χ0v) is 24.9. The zero-order valence-electron chi connectivity index (χ0n) is 24.9. The maximum absolute atomic E-state index is 13.7. The molecule has 2 aromatic carbocycles. The van der Waals surface area contributed by atoms with Gasteiger partial charge in [0, 0.05) is 28.7 Å². The van der Waals surface area contributed by atoms with E-state index in [0.29, 0.717) is 28.2 Å². The van der Waals surface area contributed by atoms with Crippen LogP contribution in [0.3, 0.4) is 0 Å². The zero-order chi connectivity index (χ0) is 29.3. The lowest BCUT2D eigenvalue weighted by molar-refractivity contribution is -0.143. The number of allylic oxidation sites excluding steroid dienone is 2. The van der Waals surface area contributed by atoms with Crippen molar-refractivity contribution in [1.82, 2.24) is 15.1 Å². The molecule has 0 spiro atoms. The van der Waals surface area contributed by atoms with Crippen molar-refractivity contribution in [3.63, 3.8) is 0 Å². The highest BCUT2D eigenvalue weighted by Crippen LogP contribution is 2.44. The molecule has 0 saturated carbocycles. The van der Waals surface area contributed by atoms with E-state index < -0.39 is 17.9 Å². The lowest BCUT2D eigenvalue weighted by Gasteiger charge is -2.31. The van der Waals surface area contributed by atoms with Crippen LogP contribution in [0.2, 0.25) is 0 Å². The van der Waals surface area contributed by atoms with Gasteiger partial charge in [-0.2, -0.15) is 5.10 Å². The first kappa shape index (κ1) is 28.9. The van der Waals surface area contributed by atoms with Gasteiger partial charge in [0.2, 0.25) is 0 Å². The summed E-state index contributed by atoms with van der Waals surface area (Å²) in [5.74, 6) is -1.72. The summed E-state index contributed by atoms with van der Waals surface area (Å²) >= 11 is 0. The molecule has 40 heavy (non-hydrogen) atoms. The number of hydrogen-bond donors (Lipinski definition) is 1. The summed E-state index contributed by atoms with van der Waals surface area (Å²) in [6, 6.07) is 14.1. The first-order valence-electron chi connectivity index (χ1n) is 13.7. The summed E-state index contributed by atoms with van der Waals surface area (Å²) < 4.78 is 13.2. The number of para-hydroxylation sites is 1. The molecular weight excluding hydrogens is 502 g/mol. The number of nitrogens with one attached hydrogen (secondary N) is 1. The molecule has 7 nitrogen and oxygen atoms in total. The van der Waals surface area contributed by atoms with E-state index in [1.54, 1.807) is 0 Å². The van der Waals surface area contributed by atoms with Gasteiger partial charge in [0.05, 0.1) is 40.7 Å². The van der Waals surface area contributed by atoms with Crippen molar-refractivity contribution in [2.24, 2.45) is 0 Å². The first-order valence-corrected chi connectivity index (χ1v) is 13.7. The Balaban J connectivity index is 2.07. The fourth-order valence-electron chi connectivity index (χ4n) is 5.46. The number of carbonyl (C=O) groups excluding carboxylic acids is 2. The number of benzene rings is 2. The molecule has 1 aliphatic rings. The van der Waals surface area contributed by atoms with Gasteiger partial charge in [-0.15, -0.1) is 0 Å². The molecule has 0 bridgehead atoms. The van der Waals surface area contributed by atoms with Gasteiger partial charge < -0.3 is 14.8 Å². The van der Waals surface area contributed by atoms with Crippen LogP contribution >= 0.6 is 0 Å². The van der Waals surface area contributed by atoms with Gasteiger partial charge in [-0.25, -0.2) is 14.3 Å². The summed E-state index contributed by atoms with van der Waals surface area (Å²) in [5, 5.41) is 8.33. The largest absolute Gasteiger partial charge is 0.460 e. The maximum Gasteiger partial charge on any atom is 0.337 e. The number of carbonyl (C=O) groups is 2. The summed E-state index contributed by atoms with van der Waals surface area (Å²) in [5.41, 5.74) is 8.53. The number of dihydropyridines is 1. The third kappa shape index (κ3) is 5.74. The van der Waals surface area contributed by atoms with Crippen LogP contribution in [-0.4, -0.2) is 33.9 Å². The highest BCUT2D eigenvalue weighted by atomic mass is 16.5. The third-order valence-corrected chi connectivity index (χ3v) is 6.87. The minimum atomic E-state index is -0.758. The molecule has 1 aromatic heterocycles. The van der Waals surface area contributed by atoms with E-state index in [0.717, 1.165) is 33.5 Å². The van der Waals surface area contributed by atoms with Crippen LogP contribution in [-0.2, 0) is 19.1 Å². The van der Waals surface area contributed by atoms with Crippen molar-refractivity contribution < 1.29 is 19.1 Å². The molecule has 0 fully saturated rings. The van der Waals surface area contributed by atoms with Crippen molar-refractivity contribution >= 4 is 11.9 Å². The topological polar surface area (TPSA) is 82.5 Å².